The molecule has 0 fully saturated rings. The van der Waals surface area contributed by atoms with Crippen LogP contribution >= 0.6 is 0 Å². The molecule has 0 amide bonds. The van der Waals surface area contributed by atoms with E-state index in [2.05, 4.69) is 114 Å². The van der Waals surface area contributed by atoms with E-state index in [9.17, 15) is 127 Å². The van der Waals surface area contributed by atoms with Gasteiger partial charge in [0, 0.05) is 232 Å². The number of pyridine rings is 9. The number of aromatic nitrogens is 19. The molecule has 0 aliphatic heterocycles. The Morgan fingerprint density at radius 1 is 0.285 bits per heavy atom. The van der Waals surface area contributed by atoms with E-state index in [0.29, 0.717) is 22.8 Å². The maximum atomic E-state index is 13.2. The van der Waals surface area contributed by atoms with Gasteiger partial charge in [0.2, 0.25) is 5.82 Å². The Kier molecular flexibility index (Phi) is 46.1. The second-order valence-corrected chi connectivity index (χ2v) is 26.4. The molecule has 0 aliphatic rings. The molecule has 18 rings (SSSR count). The van der Waals surface area contributed by atoms with Crippen molar-refractivity contribution in [1.29, 1.82) is 0 Å². The Morgan fingerprint density at radius 2 is 0.569 bits per heavy atom. The number of hydrogen-bond donors (Lipinski definition) is 0. The maximum Gasteiger partial charge on any atom is 0.490 e. The van der Waals surface area contributed by atoms with Crippen LogP contribution in [-0.2, 0) is 144 Å². The third-order valence-electron chi connectivity index (χ3n) is 16.7. The Bertz CT molecular complexity index is 6400. The minimum absolute atomic E-state index is 0. The third kappa shape index (κ3) is 35.5. The van der Waals surface area contributed by atoms with E-state index < -0.39 is 140 Å². The van der Waals surface area contributed by atoms with Crippen LogP contribution in [-0.4, -0.2) is 64.9 Å². The van der Waals surface area contributed by atoms with Crippen LogP contribution in [0, 0.1) is 70.8 Å². The minimum Gasteiger partial charge on any atom is -0.661 e. The van der Waals surface area contributed by atoms with Crippen molar-refractivity contribution >= 4 is 0 Å². The van der Waals surface area contributed by atoms with Gasteiger partial charge in [-0.05, 0) is 125 Å². The Labute approximate surface area is 859 Å². The summed E-state index contributed by atoms with van der Waals surface area (Å²) in [4.78, 5) is 57.4. The summed E-state index contributed by atoms with van der Waals surface area (Å²) in [5.41, 5.74) is -4.58. The van der Waals surface area contributed by atoms with E-state index in [-0.39, 0.29) is 181 Å². The average molecular weight is 2920 g/mol. The normalized spacial score (nSPS) is 11.0. The molecule has 5 radical (unpaired) electrons. The number of rotatable bonds is 9. The smallest absolute Gasteiger partial charge is 0.490 e. The fourth-order valence-electron chi connectivity index (χ4n) is 10.9. The summed E-state index contributed by atoms with van der Waals surface area (Å²) in [7, 11) is 0. The third-order valence-corrected chi connectivity index (χ3v) is 16.7. The van der Waals surface area contributed by atoms with Crippen LogP contribution in [0.5, 0.6) is 0 Å². The van der Waals surface area contributed by atoms with Crippen LogP contribution in [0.3, 0.4) is 0 Å². The van der Waals surface area contributed by atoms with Crippen LogP contribution in [0.15, 0.2) is 293 Å². The maximum absolute atomic E-state index is 13.2. The molecule has 0 saturated carbocycles. The van der Waals surface area contributed by atoms with Gasteiger partial charge in [-0.15, -0.1) is 61.7 Å². The molecule has 14 heterocycles. The van der Waals surface area contributed by atoms with E-state index in [1.165, 1.54) is 79.5 Å². The monoisotopic (exact) mass is 2920 g/mol. The molecule has 4 aromatic carbocycles. The molecule has 0 unspecified atom stereocenters. The first-order valence-corrected chi connectivity index (χ1v) is 38.0. The van der Waals surface area contributed by atoms with Gasteiger partial charge in [-0.3, -0.25) is 65.1 Å². The summed E-state index contributed by atoms with van der Waals surface area (Å²) in [5.74, 6) is -8.54. The van der Waals surface area contributed by atoms with Gasteiger partial charge in [0.15, 0.2) is 0 Å². The van der Waals surface area contributed by atoms with Crippen molar-refractivity contribution in [3.8, 4) is 102 Å². The van der Waals surface area contributed by atoms with Crippen molar-refractivity contribution in [3.63, 3.8) is 0 Å². The minimum atomic E-state index is -5.21. The molecule has 53 heteroatoms. The van der Waals surface area contributed by atoms with Crippen molar-refractivity contribution < 1.29 is 232 Å². The summed E-state index contributed by atoms with van der Waals surface area (Å²) in [6.45, 7) is 0. The first-order chi connectivity index (χ1) is 65.7. The van der Waals surface area contributed by atoms with Gasteiger partial charge in [0.1, 0.15) is 11.5 Å². The SMILES string of the molecule is FC(F)(F)c1[n-]c(-c2ccccn2)c[n+]1C(F)(F)F.FC(F)(F)c1c[n-]c(-c2ccccn2)c1C(F)(F)F.FC(F)(F)c1n[n-]c(-c2ccccn2)n1.FC(F)(F)c1nc[n-]c1-c1ccccn1.FC(F)(F)c1nc[n-]c1-c1ccccn1.Fc1c[c-]c(-c2ccccn2)c(F)c1.Fc1c[c-]c(-c2ccccn2)c(F)c1.Fc1c[c-]c(-c2ccccn2)c(F)c1.Fc1c[c-]c(-c2ccccn2)c(F)c1.[Ir].[Ir].[Ir].[Ir].[Ir]. The molecule has 144 heavy (non-hydrogen) atoms. The number of hydrogen-bond acceptors (Lipinski definition) is 13. The topological polar surface area (TPSA) is 242 Å². The van der Waals surface area contributed by atoms with Crippen molar-refractivity contribution in [3.05, 3.63) is 398 Å². The van der Waals surface area contributed by atoms with Gasteiger partial charge < -0.3 is 54.9 Å². The molecule has 18 aromatic rings. The van der Waals surface area contributed by atoms with E-state index in [1.54, 1.807) is 134 Å². The molecule has 0 saturated heterocycles. The largest absolute Gasteiger partial charge is 0.661 e. The summed E-state index contributed by atoms with van der Waals surface area (Å²) in [6.07, 6.45) is -19.2. The molecule has 19 nitrogen and oxygen atoms in total. The Balaban J connectivity index is 0.000000285. The molecule has 0 bridgehead atoms. The number of alkyl halides is 21. The summed E-state index contributed by atoms with van der Waals surface area (Å²) < 4.78 is 364. The van der Waals surface area contributed by atoms with Gasteiger partial charge in [-0.2, -0.15) is 85.2 Å². The van der Waals surface area contributed by atoms with Gasteiger partial charge in [0.05, 0.1) is 28.3 Å². The zero-order valence-corrected chi connectivity index (χ0v) is 82.3. The van der Waals surface area contributed by atoms with E-state index in [0.717, 1.165) is 67.3 Å². The quantitative estimate of drug-likeness (QED) is 0.0741. The van der Waals surface area contributed by atoms with E-state index >= 15 is 0 Å². The van der Waals surface area contributed by atoms with Crippen molar-refractivity contribution in [2.24, 2.45) is 0 Å². The average Bonchev–Trinajstić information content (AvgIpc) is 1.62. The first kappa shape index (κ1) is 121. The molecule has 0 N–H and O–H groups in total. The van der Waals surface area contributed by atoms with E-state index in [1.807, 2.05) is 0 Å². The molecule has 0 aliphatic carbocycles. The molecular weight excluding hydrogens is 2870 g/mol. The zero-order valence-electron chi connectivity index (χ0n) is 70.3. The summed E-state index contributed by atoms with van der Waals surface area (Å²) in [5, 5.41) is 6.25. The summed E-state index contributed by atoms with van der Waals surface area (Å²) >= 11 is 0. The van der Waals surface area contributed by atoms with Crippen LogP contribution < -0.4 is 29.6 Å². The van der Waals surface area contributed by atoms with Crippen molar-refractivity contribution in [2.45, 2.75) is 43.4 Å². The fraction of sp³-hybridized carbons (Fsp3) is 0.0769. The molecule has 14 aromatic heterocycles. The van der Waals surface area contributed by atoms with Gasteiger partial charge in [-0.1, -0.05) is 144 Å². The van der Waals surface area contributed by atoms with Gasteiger partial charge in [-0.25, -0.2) is 9.55 Å². The second kappa shape index (κ2) is 54.8. The number of benzene rings is 4. The van der Waals surface area contributed by atoms with Crippen LogP contribution in [0.4, 0.5) is 127 Å². The number of nitrogens with zero attached hydrogens (tertiary/aromatic N) is 19. The van der Waals surface area contributed by atoms with Gasteiger partial charge in [0.25, 0.3) is 0 Å². The van der Waals surface area contributed by atoms with Gasteiger partial charge >= 0.3 is 43.4 Å². The summed E-state index contributed by atoms with van der Waals surface area (Å²) in [6, 6.07) is 60.4. The molecular formula is C91H48F29Ir5N19-8. The predicted molar refractivity (Wildman–Crippen MR) is 431 cm³/mol. The predicted octanol–water partition coefficient (Wildman–Crippen LogP) is 23.3. The number of imidazole rings is 3. The van der Waals surface area contributed by atoms with E-state index in [4.69, 9.17) is 0 Å². The molecule has 0 spiro atoms. The van der Waals surface area contributed by atoms with Crippen LogP contribution in [0.2, 0.25) is 0 Å². The standard InChI is InChI=1S/C11H5F6N2.4C11H6F2N.C10H5F6N3.2C9H5F3N3.C8H4F3N4.5Ir/c12-10(13,14)6-5-19-9(8(6)11(15,16)17)7-3-1-2-4-18-7;4*12-8-4-5-9(10(13)7-8)11-3-1-2-6-14-11;11-9(12,13)8-18-7(5-19(8)10(14,15)16)6-3-1-2-4-17-6;2*10-9(11,12)8-7(14-5-15-8)6-3-1-2-4-13-6;9-8(10,11)7-13-6(14-15-7)5-3-1-2-4-12-5;;;;;/h1-5H;4*1-4,6-7H;1-5H;2*1-5H;1-4H;;;;;/q5*-1;;3*-1;;;;;. The second-order valence-electron chi connectivity index (χ2n) is 26.4. The Hall–Kier alpha value is -13.5. The van der Waals surface area contributed by atoms with Crippen LogP contribution in [0.1, 0.15) is 34.2 Å². The zero-order chi connectivity index (χ0) is 101. The molecule has 0 atom stereocenters. The fourth-order valence-corrected chi connectivity index (χ4v) is 10.9. The molecule has 763 valence electrons. The van der Waals surface area contributed by atoms with Crippen LogP contribution in [0.25, 0.3) is 102 Å². The van der Waals surface area contributed by atoms with Crippen molar-refractivity contribution in [1.82, 2.24) is 89.9 Å². The Morgan fingerprint density at radius 3 is 0.806 bits per heavy atom. The van der Waals surface area contributed by atoms with Crippen molar-refractivity contribution in [2.75, 3.05) is 0 Å². The number of halogens is 29. The first-order valence-electron chi connectivity index (χ1n) is 38.0.